The highest BCUT2D eigenvalue weighted by Crippen LogP contribution is 2.26. The second kappa shape index (κ2) is 6.81. The number of aliphatic imine (C=N–C) groups is 1. The molecule has 0 aromatic heterocycles. The van der Waals surface area contributed by atoms with Crippen molar-refractivity contribution in [2.24, 2.45) is 4.99 Å². The molecule has 2 heterocycles. The maximum absolute atomic E-state index is 11.3. The van der Waals surface area contributed by atoms with Gasteiger partial charge in [0, 0.05) is 5.56 Å². The number of carbonyl (C=O) groups is 1. The predicted octanol–water partition coefficient (Wildman–Crippen LogP) is 2.72. The van der Waals surface area contributed by atoms with E-state index >= 15 is 0 Å². The van der Waals surface area contributed by atoms with Gasteiger partial charge in [-0.05, 0) is 24.6 Å². The van der Waals surface area contributed by atoms with Gasteiger partial charge in [0.1, 0.15) is 24.5 Å². The van der Waals surface area contributed by atoms with E-state index in [1.165, 1.54) is 12.8 Å². The van der Waals surface area contributed by atoms with Gasteiger partial charge in [0.15, 0.2) is 0 Å². The van der Waals surface area contributed by atoms with Crippen molar-refractivity contribution in [2.75, 3.05) is 13.2 Å². The Morgan fingerprint density at radius 1 is 1.36 bits per heavy atom. The summed E-state index contributed by atoms with van der Waals surface area (Å²) in [5.41, 5.74) is 0.884. The average Bonchev–Trinajstić information content (AvgIpc) is 2.95. The number of hydrogen-bond acceptors (Lipinski definition) is 5. The number of fused-ring (bicyclic) bond motifs is 1. The molecule has 0 amide bonds. The topological polar surface area (TPSA) is 57.1 Å². The Kier molecular flexibility index (Phi) is 4.61. The van der Waals surface area contributed by atoms with Gasteiger partial charge < -0.3 is 14.2 Å². The molecule has 2 aliphatic rings. The Hall–Kier alpha value is -2.04. The van der Waals surface area contributed by atoms with E-state index < -0.39 is 0 Å². The molecule has 0 radical (unpaired) electrons. The maximum atomic E-state index is 11.3. The van der Waals surface area contributed by atoms with Crippen molar-refractivity contribution >= 4 is 11.9 Å². The monoisotopic (exact) mass is 303 g/mol. The van der Waals surface area contributed by atoms with Crippen molar-refractivity contribution in [3.63, 3.8) is 0 Å². The number of unbranched alkanes of at least 4 members (excludes halogenated alkanes) is 2. The fraction of sp³-hybridized carbons (Fsp3) is 0.529. The quantitative estimate of drug-likeness (QED) is 0.599. The fourth-order valence-corrected chi connectivity index (χ4v) is 2.61. The fourth-order valence-electron chi connectivity index (χ4n) is 2.61. The highest BCUT2D eigenvalue weighted by Gasteiger charge is 2.38. The van der Waals surface area contributed by atoms with Gasteiger partial charge in [-0.1, -0.05) is 25.8 Å². The number of hydrogen-bond donors (Lipinski definition) is 0. The van der Waals surface area contributed by atoms with Crippen molar-refractivity contribution < 1.29 is 19.0 Å². The third kappa shape index (κ3) is 3.40. The first-order valence-corrected chi connectivity index (χ1v) is 7.89. The molecule has 3 rings (SSSR count). The molecule has 1 aromatic carbocycles. The summed E-state index contributed by atoms with van der Waals surface area (Å²) >= 11 is 0. The molecule has 0 N–H and O–H groups in total. The Bertz CT molecular complexity index is 570. The summed E-state index contributed by atoms with van der Waals surface area (Å²) in [7, 11) is 0. The van der Waals surface area contributed by atoms with Gasteiger partial charge in [-0.25, -0.2) is 4.99 Å². The van der Waals surface area contributed by atoms with Gasteiger partial charge in [-0.2, -0.15) is 0 Å². The lowest BCUT2D eigenvalue weighted by atomic mass is 10.1. The number of rotatable bonds is 6. The van der Waals surface area contributed by atoms with Crippen LogP contribution in [0.3, 0.4) is 0 Å². The van der Waals surface area contributed by atoms with Crippen LogP contribution in [0, 0.1) is 0 Å². The molecule has 118 valence electrons. The highest BCUT2D eigenvalue weighted by atomic mass is 16.6. The molecule has 1 saturated heterocycles. The van der Waals surface area contributed by atoms with Crippen LogP contribution in [0.5, 0.6) is 5.75 Å². The van der Waals surface area contributed by atoms with E-state index in [9.17, 15) is 4.79 Å². The summed E-state index contributed by atoms with van der Waals surface area (Å²) in [6.45, 7) is 3.20. The van der Waals surface area contributed by atoms with Crippen molar-refractivity contribution in [3.05, 3.63) is 29.8 Å². The first-order valence-electron chi connectivity index (χ1n) is 7.89. The average molecular weight is 303 g/mol. The van der Waals surface area contributed by atoms with Gasteiger partial charge in [0.25, 0.3) is 0 Å². The third-order valence-corrected chi connectivity index (χ3v) is 3.86. The molecular formula is C17H21NO4. The molecule has 0 spiro atoms. The van der Waals surface area contributed by atoms with Crippen LogP contribution in [0.1, 0.15) is 38.2 Å². The molecular weight excluding hydrogens is 282 g/mol. The van der Waals surface area contributed by atoms with Crippen molar-refractivity contribution in [3.8, 4) is 5.75 Å². The van der Waals surface area contributed by atoms with E-state index in [1.54, 1.807) is 0 Å². The normalized spacial score (nSPS) is 23.3. The molecule has 0 aliphatic carbocycles. The minimum Gasteiger partial charge on any atom is -0.494 e. The van der Waals surface area contributed by atoms with E-state index in [2.05, 4.69) is 11.9 Å². The summed E-state index contributed by atoms with van der Waals surface area (Å²) in [6, 6.07) is 7.66. The molecule has 1 aromatic rings. The van der Waals surface area contributed by atoms with Gasteiger partial charge in [-0.3, -0.25) is 4.79 Å². The second-order valence-corrected chi connectivity index (χ2v) is 5.63. The number of benzene rings is 1. The SMILES string of the molecule is CCCCCOc1cccc(C2=NC3COC(=O)CC3O2)c1. The lowest BCUT2D eigenvalue weighted by Gasteiger charge is -2.21. The highest BCUT2D eigenvalue weighted by molar-refractivity contribution is 5.96. The van der Waals surface area contributed by atoms with Crippen LogP contribution in [-0.2, 0) is 14.3 Å². The summed E-state index contributed by atoms with van der Waals surface area (Å²) in [4.78, 5) is 15.8. The summed E-state index contributed by atoms with van der Waals surface area (Å²) in [5.74, 6) is 1.18. The van der Waals surface area contributed by atoms with E-state index in [4.69, 9.17) is 14.2 Å². The van der Waals surface area contributed by atoms with Gasteiger partial charge in [-0.15, -0.1) is 0 Å². The Morgan fingerprint density at radius 3 is 3.14 bits per heavy atom. The van der Waals surface area contributed by atoms with Gasteiger partial charge >= 0.3 is 5.97 Å². The second-order valence-electron chi connectivity index (χ2n) is 5.63. The molecule has 22 heavy (non-hydrogen) atoms. The standard InChI is InChI=1S/C17H21NO4/c1-2-3-4-8-20-13-7-5-6-12(9-13)17-18-14-11-21-16(19)10-15(14)22-17/h5-7,9,14-15H,2-4,8,10-11H2,1H3. The van der Waals surface area contributed by atoms with Crippen LogP contribution in [0.4, 0.5) is 0 Å². The first-order chi connectivity index (χ1) is 10.8. The van der Waals surface area contributed by atoms with Crippen LogP contribution >= 0.6 is 0 Å². The zero-order chi connectivity index (χ0) is 15.4. The van der Waals surface area contributed by atoms with Gasteiger partial charge in [0.2, 0.25) is 5.90 Å². The van der Waals surface area contributed by atoms with Crippen molar-refractivity contribution in [1.29, 1.82) is 0 Å². The number of carbonyl (C=O) groups excluding carboxylic acids is 1. The van der Waals surface area contributed by atoms with Gasteiger partial charge in [0.05, 0.1) is 13.0 Å². The maximum Gasteiger partial charge on any atom is 0.309 e. The minimum absolute atomic E-state index is 0.0816. The number of nitrogens with zero attached hydrogens (tertiary/aromatic N) is 1. The first kappa shape index (κ1) is 14.9. The molecule has 0 saturated carbocycles. The Labute approximate surface area is 130 Å². The third-order valence-electron chi connectivity index (χ3n) is 3.86. The molecule has 2 aliphatic heterocycles. The number of ether oxygens (including phenoxy) is 3. The Morgan fingerprint density at radius 2 is 2.27 bits per heavy atom. The Balaban J connectivity index is 1.64. The summed E-state index contributed by atoms with van der Waals surface area (Å²) in [5, 5.41) is 0. The van der Waals surface area contributed by atoms with Crippen LogP contribution in [0.15, 0.2) is 29.3 Å². The van der Waals surface area contributed by atoms with Crippen LogP contribution in [-0.4, -0.2) is 37.2 Å². The lowest BCUT2D eigenvalue weighted by Crippen LogP contribution is -2.36. The zero-order valence-corrected chi connectivity index (χ0v) is 12.8. The minimum atomic E-state index is -0.217. The van der Waals surface area contributed by atoms with Crippen molar-refractivity contribution in [2.45, 2.75) is 44.8 Å². The molecule has 0 bridgehead atoms. The molecule has 2 atom stereocenters. The van der Waals surface area contributed by atoms with E-state index in [0.717, 1.165) is 24.3 Å². The number of cyclic esters (lactones) is 1. The van der Waals surface area contributed by atoms with Crippen LogP contribution < -0.4 is 4.74 Å². The summed E-state index contributed by atoms with van der Waals surface area (Å²) < 4.78 is 16.6. The van der Waals surface area contributed by atoms with Crippen molar-refractivity contribution in [1.82, 2.24) is 0 Å². The molecule has 5 nitrogen and oxygen atoms in total. The summed E-state index contributed by atoms with van der Waals surface area (Å²) in [6.07, 6.45) is 3.49. The van der Waals surface area contributed by atoms with E-state index in [1.807, 2.05) is 24.3 Å². The smallest absolute Gasteiger partial charge is 0.309 e. The predicted molar refractivity (Wildman–Crippen MR) is 82.2 cm³/mol. The van der Waals surface area contributed by atoms with E-state index in [-0.39, 0.29) is 24.5 Å². The molecule has 2 unspecified atom stereocenters. The molecule has 1 fully saturated rings. The van der Waals surface area contributed by atoms with Crippen LogP contribution in [0.25, 0.3) is 0 Å². The zero-order valence-electron chi connectivity index (χ0n) is 12.8. The largest absolute Gasteiger partial charge is 0.494 e. The molecule has 5 heteroatoms. The van der Waals surface area contributed by atoms with E-state index in [0.29, 0.717) is 12.5 Å². The van der Waals surface area contributed by atoms with Crippen LogP contribution in [0.2, 0.25) is 0 Å². The number of esters is 1. The lowest BCUT2D eigenvalue weighted by molar-refractivity contribution is -0.151.